The molecule has 2 aliphatic rings. The van der Waals surface area contributed by atoms with E-state index in [0.717, 1.165) is 11.1 Å². The predicted octanol–water partition coefficient (Wildman–Crippen LogP) is 4.65. The van der Waals surface area contributed by atoms with Crippen LogP contribution in [0.2, 0.25) is 0 Å². The Labute approximate surface area is 237 Å². The van der Waals surface area contributed by atoms with E-state index in [1.54, 1.807) is 4.90 Å². The molecule has 0 bridgehead atoms. The molecule has 2 aromatic rings. The number of carbonyl (C=O) groups is 3. The van der Waals surface area contributed by atoms with Gasteiger partial charge in [-0.3, -0.25) is 9.59 Å². The lowest BCUT2D eigenvalue weighted by molar-refractivity contribution is -0.139. The third-order valence-corrected chi connectivity index (χ3v) is 8.13. The molecule has 1 N–H and O–H groups in total. The summed E-state index contributed by atoms with van der Waals surface area (Å²) >= 11 is 0. The number of ether oxygens (including phenoxy) is 1. The number of hydrogen-bond acceptors (Lipinski definition) is 6. The third-order valence-electron chi connectivity index (χ3n) is 8.13. The van der Waals surface area contributed by atoms with Crippen molar-refractivity contribution in [1.29, 1.82) is 0 Å². The summed E-state index contributed by atoms with van der Waals surface area (Å²) in [6.07, 6.45) is 0.458. The van der Waals surface area contributed by atoms with Gasteiger partial charge in [0.05, 0.1) is 18.3 Å². The molecule has 2 aliphatic heterocycles. The fourth-order valence-corrected chi connectivity index (χ4v) is 5.06. The quantitative estimate of drug-likeness (QED) is 0.506. The molecule has 0 aromatic heterocycles. The van der Waals surface area contributed by atoms with Crippen LogP contribution >= 0.6 is 0 Å². The molecule has 2 saturated heterocycles. The van der Waals surface area contributed by atoms with Gasteiger partial charge in [-0.15, -0.1) is 0 Å². The maximum atomic E-state index is 14.4. The van der Waals surface area contributed by atoms with Gasteiger partial charge in [-0.2, -0.15) is 0 Å². The van der Waals surface area contributed by atoms with E-state index in [0.29, 0.717) is 25.1 Å². The van der Waals surface area contributed by atoms with E-state index in [4.69, 9.17) is 14.0 Å². The highest BCUT2D eigenvalue weighted by atomic mass is 16.7. The molecule has 0 aliphatic carbocycles. The number of benzene rings is 2. The highest BCUT2D eigenvalue weighted by molar-refractivity contribution is 6.57. The van der Waals surface area contributed by atoms with Crippen LogP contribution in [-0.4, -0.2) is 67.0 Å². The average Bonchev–Trinajstić information content (AvgIpc) is 3.49. The Morgan fingerprint density at radius 3 is 2.23 bits per heavy atom. The topological polar surface area (TPSA) is 97.4 Å². The van der Waals surface area contributed by atoms with Crippen molar-refractivity contribution in [2.45, 2.75) is 77.7 Å². The lowest BCUT2D eigenvalue weighted by Crippen LogP contribution is -2.58. The van der Waals surface area contributed by atoms with Crippen LogP contribution in [0.3, 0.4) is 0 Å². The zero-order valence-electron chi connectivity index (χ0n) is 24.5. The Bertz CT molecular complexity index is 1220. The SMILES string of the molecule is COC(=O)NC(C(=O)N1CCCC1C(=O)N(B1OC(C)(C)C(C)(C)O1)c1cccc(-c2ccccc2)c1)C(C)C. The minimum atomic E-state index is -0.991. The Balaban J connectivity index is 1.71. The van der Waals surface area contributed by atoms with Crippen molar-refractivity contribution in [2.75, 3.05) is 18.5 Å². The molecule has 0 saturated carbocycles. The first kappa shape index (κ1) is 29.6. The molecule has 40 heavy (non-hydrogen) atoms. The van der Waals surface area contributed by atoms with Crippen LogP contribution in [0.25, 0.3) is 11.1 Å². The molecule has 3 amide bonds. The number of nitrogens with one attached hydrogen (secondary N) is 1. The molecule has 9 nitrogen and oxygen atoms in total. The first-order valence-corrected chi connectivity index (χ1v) is 13.9. The minimum absolute atomic E-state index is 0.204. The molecule has 0 spiro atoms. The maximum absolute atomic E-state index is 14.4. The number of hydrogen-bond donors (Lipinski definition) is 1. The van der Waals surface area contributed by atoms with Crippen LogP contribution in [0.15, 0.2) is 54.6 Å². The van der Waals surface area contributed by atoms with Crippen LogP contribution in [0.4, 0.5) is 10.5 Å². The predicted molar refractivity (Wildman–Crippen MR) is 154 cm³/mol. The van der Waals surface area contributed by atoms with Gasteiger partial charge < -0.3 is 29.1 Å². The van der Waals surface area contributed by atoms with Crippen molar-refractivity contribution in [2.24, 2.45) is 5.92 Å². The highest BCUT2D eigenvalue weighted by Gasteiger charge is 2.57. The van der Waals surface area contributed by atoms with Crippen LogP contribution in [0, 0.1) is 5.92 Å². The lowest BCUT2D eigenvalue weighted by Gasteiger charge is -2.34. The molecule has 2 heterocycles. The van der Waals surface area contributed by atoms with Gasteiger partial charge in [-0.1, -0.05) is 56.3 Å². The van der Waals surface area contributed by atoms with Crippen molar-refractivity contribution in [3.8, 4) is 11.1 Å². The van der Waals surface area contributed by atoms with Gasteiger partial charge in [-0.25, -0.2) is 4.79 Å². The van der Waals surface area contributed by atoms with Gasteiger partial charge in [0.2, 0.25) is 11.8 Å². The van der Waals surface area contributed by atoms with Gasteiger partial charge in [-0.05, 0) is 69.7 Å². The van der Waals surface area contributed by atoms with Crippen molar-refractivity contribution >= 4 is 30.8 Å². The number of amides is 3. The van der Waals surface area contributed by atoms with E-state index in [9.17, 15) is 14.4 Å². The summed E-state index contributed by atoms with van der Waals surface area (Å²) in [5.74, 6) is -0.817. The van der Waals surface area contributed by atoms with Crippen LogP contribution < -0.4 is 10.1 Å². The van der Waals surface area contributed by atoms with E-state index in [1.807, 2.05) is 96.1 Å². The lowest BCUT2D eigenvalue weighted by atomic mass is 9.90. The molecule has 2 fully saturated rings. The van der Waals surface area contributed by atoms with Crippen molar-refractivity contribution < 1.29 is 28.4 Å². The van der Waals surface area contributed by atoms with Gasteiger partial charge in [0.25, 0.3) is 0 Å². The van der Waals surface area contributed by atoms with Crippen LogP contribution in [-0.2, 0) is 23.6 Å². The second-order valence-electron chi connectivity index (χ2n) is 11.7. The summed E-state index contributed by atoms with van der Waals surface area (Å²) in [7, 11) is 0.265. The number of anilines is 1. The third kappa shape index (κ3) is 5.88. The average molecular weight is 549 g/mol. The molecule has 0 radical (unpaired) electrons. The summed E-state index contributed by atoms with van der Waals surface area (Å²) in [5, 5.41) is 2.64. The highest BCUT2D eigenvalue weighted by Crippen LogP contribution is 2.40. The van der Waals surface area contributed by atoms with E-state index in [-0.39, 0.29) is 17.7 Å². The van der Waals surface area contributed by atoms with E-state index < -0.39 is 36.6 Å². The molecule has 4 rings (SSSR count). The van der Waals surface area contributed by atoms with Crippen molar-refractivity contribution in [1.82, 2.24) is 10.2 Å². The van der Waals surface area contributed by atoms with Gasteiger partial charge in [0.15, 0.2) is 0 Å². The Morgan fingerprint density at radius 2 is 1.62 bits per heavy atom. The molecule has 10 heteroatoms. The normalized spacial score (nSPS) is 20.4. The molecule has 2 aromatic carbocycles. The minimum Gasteiger partial charge on any atom is -0.453 e. The summed E-state index contributed by atoms with van der Waals surface area (Å²) in [6, 6.07) is 16.0. The van der Waals surface area contributed by atoms with Crippen LogP contribution in [0.1, 0.15) is 54.4 Å². The Kier molecular flexibility index (Phi) is 8.61. The number of alkyl carbamates (subject to hydrolysis) is 1. The Hall–Kier alpha value is -3.37. The van der Waals surface area contributed by atoms with Crippen molar-refractivity contribution in [3.63, 3.8) is 0 Å². The molecular formula is C30H40BN3O6. The summed E-state index contributed by atoms with van der Waals surface area (Å²) < 4.78 is 17.5. The number of nitrogens with zero attached hydrogens (tertiary/aromatic N) is 2. The van der Waals surface area contributed by atoms with Gasteiger partial charge >= 0.3 is 13.3 Å². The second-order valence-corrected chi connectivity index (χ2v) is 11.7. The first-order valence-electron chi connectivity index (χ1n) is 13.9. The fourth-order valence-electron chi connectivity index (χ4n) is 5.06. The van der Waals surface area contributed by atoms with E-state index in [1.165, 1.54) is 11.9 Å². The van der Waals surface area contributed by atoms with Crippen molar-refractivity contribution in [3.05, 3.63) is 54.6 Å². The standard InChI is InChI=1S/C30H40BN3O6/c1-20(2)25(32-28(37)38-7)27(36)33-18-12-17-24(33)26(35)34(31-39-29(3,4)30(5,6)40-31)23-16-11-15-22(19-23)21-13-9-8-10-14-21/h8-11,13-16,19-20,24-25H,12,17-18H2,1-7H3,(H,32,37). The largest absolute Gasteiger partial charge is 0.601 e. The monoisotopic (exact) mass is 549 g/mol. The number of rotatable bonds is 7. The smallest absolute Gasteiger partial charge is 0.453 e. The summed E-state index contributed by atoms with van der Waals surface area (Å²) in [4.78, 5) is 43.2. The maximum Gasteiger partial charge on any atom is 0.601 e. The fraction of sp³-hybridized carbons (Fsp3) is 0.500. The Morgan fingerprint density at radius 1 is 1.00 bits per heavy atom. The zero-order valence-corrected chi connectivity index (χ0v) is 24.5. The molecular weight excluding hydrogens is 509 g/mol. The first-order chi connectivity index (χ1) is 18.9. The number of carbonyl (C=O) groups excluding carboxylic acids is 3. The molecule has 214 valence electrons. The van der Waals surface area contributed by atoms with Gasteiger partial charge in [0, 0.05) is 12.2 Å². The zero-order chi connectivity index (χ0) is 29.2. The second kappa shape index (κ2) is 11.6. The number of likely N-dealkylation sites (tertiary alicyclic amines) is 1. The summed E-state index contributed by atoms with van der Waals surface area (Å²) in [6.45, 7) is 11.8. The number of methoxy groups -OCH3 is 1. The summed E-state index contributed by atoms with van der Waals surface area (Å²) in [5.41, 5.74) is 1.21. The molecule has 2 unspecified atom stereocenters. The van der Waals surface area contributed by atoms with E-state index in [2.05, 4.69) is 5.32 Å². The van der Waals surface area contributed by atoms with Crippen LogP contribution in [0.5, 0.6) is 0 Å². The molecule has 2 atom stereocenters. The van der Waals surface area contributed by atoms with E-state index >= 15 is 0 Å². The van der Waals surface area contributed by atoms with Gasteiger partial charge in [0.1, 0.15) is 12.1 Å².